The standard InChI is InChI=1S/C15H21N3/c1-16-9-13-11-18(10-12-5-2-3-6-12)15-14(13)7-4-8-17-15/h4,7-8,11-12,16H,2-3,5-6,9-10H2,1H3. The Morgan fingerprint density at radius 2 is 2.22 bits per heavy atom. The average molecular weight is 243 g/mol. The molecule has 0 aliphatic heterocycles. The number of pyridine rings is 1. The molecule has 0 amide bonds. The fraction of sp³-hybridized carbons (Fsp3) is 0.533. The predicted molar refractivity (Wildman–Crippen MR) is 74.5 cm³/mol. The number of hydrogen-bond donors (Lipinski definition) is 1. The SMILES string of the molecule is CNCc1cn(CC2CCCC2)c2ncccc12. The zero-order valence-corrected chi connectivity index (χ0v) is 11.0. The third-order valence-corrected chi connectivity index (χ3v) is 4.01. The lowest BCUT2D eigenvalue weighted by Crippen LogP contribution is -2.07. The second-order valence-corrected chi connectivity index (χ2v) is 5.36. The molecule has 0 atom stereocenters. The van der Waals surface area contributed by atoms with Crippen LogP contribution in [0.25, 0.3) is 11.0 Å². The lowest BCUT2D eigenvalue weighted by molar-refractivity contribution is 0.464. The zero-order chi connectivity index (χ0) is 12.4. The van der Waals surface area contributed by atoms with Gasteiger partial charge in [-0.05, 0) is 43.5 Å². The van der Waals surface area contributed by atoms with Gasteiger partial charge in [-0.1, -0.05) is 12.8 Å². The van der Waals surface area contributed by atoms with Gasteiger partial charge in [0.1, 0.15) is 5.65 Å². The Morgan fingerprint density at radius 3 is 3.00 bits per heavy atom. The van der Waals surface area contributed by atoms with Crippen LogP contribution in [0.3, 0.4) is 0 Å². The molecule has 1 saturated carbocycles. The Hall–Kier alpha value is -1.35. The van der Waals surface area contributed by atoms with E-state index in [-0.39, 0.29) is 0 Å². The summed E-state index contributed by atoms with van der Waals surface area (Å²) in [5.74, 6) is 0.852. The third kappa shape index (κ3) is 2.15. The summed E-state index contributed by atoms with van der Waals surface area (Å²) in [4.78, 5) is 4.56. The first kappa shape index (κ1) is 11.7. The molecule has 1 aliphatic rings. The highest BCUT2D eigenvalue weighted by Gasteiger charge is 2.17. The topological polar surface area (TPSA) is 29.9 Å². The summed E-state index contributed by atoms with van der Waals surface area (Å²) < 4.78 is 2.36. The van der Waals surface area contributed by atoms with Gasteiger partial charge in [0.2, 0.25) is 0 Å². The van der Waals surface area contributed by atoms with Crippen molar-refractivity contribution < 1.29 is 0 Å². The van der Waals surface area contributed by atoms with E-state index in [0.717, 1.165) is 24.7 Å². The molecule has 1 aliphatic carbocycles. The van der Waals surface area contributed by atoms with Crippen molar-refractivity contribution in [2.75, 3.05) is 7.05 Å². The lowest BCUT2D eigenvalue weighted by atomic mass is 10.1. The number of rotatable bonds is 4. The highest BCUT2D eigenvalue weighted by Crippen LogP contribution is 2.28. The third-order valence-electron chi connectivity index (χ3n) is 4.01. The van der Waals surface area contributed by atoms with Crippen LogP contribution < -0.4 is 5.32 Å². The first-order chi connectivity index (χ1) is 8.88. The summed E-state index contributed by atoms with van der Waals surface area (Å²) in [6, 6.07) is 4.21. The summed E-state index contributed by atoms with van der Waals surface area (Å²) in [5, 5.41) is 4.54. The van der Waals surface area contributed by atoms with Crippen molar-refractivity contribution in [1.29, 1.82) is 0 Å². The Bertz CT molecular complexity index is 524. The molecule has 1 N–H and O–H groups in total. The molecule has 0 saturated heterocycles. The van der Waals surface area contributed by atoms with Gasteiger partial charge in [-0.15, -0.1) is 0 Å². The first-order valence-corrected chi connectivity index (χ1v) is 6.96. The van der Waals surface area contributed by atoms with Crippen LogP contribution in [0.15, 0.2) is 24.5 Å². The second-order valence-electron chi connectivity index (χ2n) is 5.36. The quantitative estimate of drug-likeness (QED) is 0.894. The Labute approximate surface area is 108 Å². The van der Waals surface area contributed by atoms with Crippen molar-refractivity contribution in [3.05, 3.63) is 30.1 Å². The molecule has 96 valence electrons. The van der Waals surface area contributed by atoms with Crippen molar-refractivity contribution in [3.63, 3.8) is 0 Å². The summed E-state index contributed by atoms with van der Waals surface area (Å²) in [5.41, 5.74) is 2.51. The van der Waals surface area contributed by atoms with E-state index in [9.17, 15) is 0 Å². The molecule has 3 heteroatoms. The molecule has 2 heterocycles. The van der Waals surface area contributed by atoms with Crippen LogP contribution in [0.5, 0.6) is 0 Å². The van der Waals surface area contributed by atoms with E-state index in [1.807, 2.05) is 19.3 Å². The molecule has 0 unspecified atom stereocenters. The van der Waals surface area contributed by atoms with E-state index in [1.54, 1.807) is 0 Å². The molecular formula is C15H21N3. The van der Waals surface area contributed by atoms with Gasteiger partial charge >= 0.3 is 0 Å². The summed E-state index contributed by atoms with van der Waals surface area (Å²) in [6.07, 6.45) is 9.76. The van der Waals surface area contributed by atoms with Crippen molar-refractivity contribution in [1.82, 2.24) is 14.9 Å². The van der Waals surface area contributed by atoms with E-state index in [4.69, 9.17) is 0 Å². The average Bonchev–Trinajstić information content (AvgIpc) is 3.00. The first-order valence-electron chi connectivity index (χ1n) is 6.96. The number of aromatic nitrogens is 2. The van der Waals surface area contributed by atoms with Crippen molar-refractivity contribution in [2.24, 2.45) is 5.92 Å². The minimum Gasteiger partial charge on any atom is -0.332 e. The van der Waals surface area contributed by atoms with E-state index in [1.165, 1.54) is 36.6 Å². The molecule has 18 heavy (non-hydrogen) atoms. The van der Waals surface area contributed by atoms with Crippen LogP contribution in [0, 0.1) is 5.92 Å². The van der Waals surface area contributed by atoms with Gasteiger partial charge in [0.15, 0.2) is 0 Å². The van der Waals surface area contributed by atoms with Crippen LogP contribution in [-0.2, 0) is 13.1 Å². The largest absolute Gasteiger partial charge is 0.332 e. The van der Waals surface area contributed by atoms with Gasteiger partial charge < -0.3 is 9.88 Å². The van der Waals surface area contributed by atoms with Crippen LogP contribution in [0.1, 0.15) is 31.2 Å². The van der Waals surface area contributed by atoms with E-state index >= 15 is 0 Å². The second kappa shape index (κ2) is 5.11. The Morgan fingerprint density at radius 1 is 1.39 bits per heavy atom. The molecule has 2 aromatic rings. The zero-order valence-electron chi connectivity index (χ0n) is 11.0. The number of nitrogens with zero attached hydrogens (tertiary/aromatic N) is 2. The minimum atomic E-state index is 0.852. The highest BCUT2D eigenvalue weighted by molar-refractivity contribution is 5.80. The Kier molecular flexibility index (Phi) is 3.33. The smallest absolute Gasteiger partial charge is 0.140 e. The highest BCUT2D eigenvalue weighted by atomic mass is 15.0. The molecule has 3 nitrogen and oxygen atoms in total. The van der Waals surface area contributed by atoms with Crippen LogP contribution in [-0.4, -0.2) is 16.6 Å². The monoisotopic (exact) mass is 243 g/mol. The van der Waals surface area contributed by atoms with Gasteiger partial charge in [-0.25, -0.2) is 4.98 Å². The van der Waals surface area contributed by atoms with Crippen LogP contribution >= 0.6 is 0 Å². The predicted octanol–water partition coefficient (Wildman–Crippen LogP) is 2.95. The molecule has 0 radical (unpaired) electrons. The van der Waals surface area contributed by atoms with Gasteiger partial charge in [0.05, 0.1) is 0 Å². The number of hydrogen-bond acceptors (Lipinski definition) is 2. The van der Waals surface area contributed by atoms with E-state index in [2.05, 4.69) is 27.1 Å². The lowest BCUT2D eigenvalue weighted by Gasteiger charge is -2.10. The molecule has 2 aromatic heterocycles. The Balaban J connectivity index is 1.94. The molecule has 0 aromatic carbocycles. The van der Waals surface area contributed by atoms with Gasteiger partial charge in [-0.3, -0.25) is 0 Å². The number of fused-ring (bicyclic) bond motifs is 1. The molecule has 3 rings (SSSR count). The van der Waals surface area contributed by atoms with E-state index < -0.39 is 0 Å². The molecule has 0 bridgehead atoms. The van der Waals surface area contributed by atoms with Crippen molar-refractivity contribution >= 4 is 11.0 Å². The van der Waals surface area contributed by atoms with Gasteiger partial charge in [0, 0.05) is 30.9 Å². The summed E-state index contributed by atoms with van der Waals surface area (Å²) in [7, 11) is 2.00. The molecule has 0 spiro atoms. The van der Waals surface area contributed by atoms with E-state index in [0.29, 0.717) is 0 Å². The maximum atomic E-state index is 4.56. The fourth-order valence-electron chi connectivity index (χ4n) is 3.14. The summed E-state index contributed by atoms with van der Waals surface area (Å²) >= 11 is 0. The summed E-state index contributed by atoms with van der Waals surface area (Å²) in [6.45, 7) is 2.05. The molecule has 1 fully saturated rings. The van der Waals surface area contributed by atoms with Crippen molar-refractivity contribution in [2.45, 2.75) is 38.8 Å². The fourth-order valence-corrected chi connectivity index (χ4v) is 3.14. The van der Waals surface area contributed by atoms with Gasteiger partial charge in [-0.2, -0.15) is 0 Å². The maximum absolute atomic E-state index is 4.56. The van der Waals surface area contributed by atoms with Crippen LogP contribution in [0.2, 0.25) is 0 Å². The van der Waals surface area contributed by atoms with Gasteiger partial charge in [0.25, 0.3) is 0 Å². The number of nitrogens with one attached hydrogen (secondary N) is 1. The van der Waals surface area contributed by atoms with Crippen molar-refractivity contribution in [3.8, 4) is 0 Å². The minimum absolute atomic E-state index is 0.852. The van der Waals surface area contributed by atoms with Crippen LogP contribution in [0.4, 0.5) is 0 Å². The molecular weight excluding hydrogens is 222 g/mol. The maximum Gasteiger partial charge on any atom is 0.140 e. The normalized spacial score (nSPS) is 16.7.